The maximum Gasteiger partial charge on any atom is 0.263 e. The van der Waals surface area contributed by atoms with Crippen molar-refractivity contribution in [2.75, 3.05) is 5.73 Å². The average molecular weight is 265 g/mol. The number of amides is 1. The smallest absolute Gasteiger partial charge is 0.263 e. The van der Waals surface area contributed by atoms with Crippen LogP contribution in [0, 0.1) is 11.8 Å². The molecule has 0 aliphatic heterocycles. The molecule has 4 nitrogen and oxygen atoms in total. The van der Waals surface area contributed by atoms with Crippen LogP contribution in [-0.4, -0.2) is 16.9 Å². The number of carbonyl (C=O) groups excluding carboxylic acids is 1. The molecule has 0 spiro atoms. The van der Waals surface area contributed by atoms with Gasteiger partial charge in [-0.05, 0) is 24.7 Å². The van der Waals surface area contributed by atoms with Crippen LogP contribution in [0.15, 0.2) is 6.20 Å². The molecule has 2 fully saturated rings. The fourth-order valence-corrected chi connectivity index (χ4v) is 4.17. The number of carbonyl (C=O) groups is 1. The normalized spacial score (nSPS) is 31.0. The van der Waals surface area contributed by atoms with E-state index in [1.807, 2.05) is 0 Å². The molecule has 0 aromatic carbocycles. The predicted octanol–water partition coefficient (Wildman–Crippen LogP) is 2.42. The first-order chi connectivity index (χ1) is 8.74. The van der Waals surface area contributed by atoms with Gasteiger partial charge < -0.3 is 11.1 Å². The number of aromatic nitrogens is 1. The van der Waals surface area contributed by atoms with Gasteiger partial charge in [0.25, 0.3) is 5.91 Å². The lowest BCUT2D eigenvalue weighted by Crippen LogP contribution is -2.43. The van der Waals surface area contributed by atoms with Gasteiger partial charge in [-0.3, -0.25) is 4.79 Å². The number of anilines is 1. The van der Waals surface area contributed by atoms with Crippen molar-refractivity contribution in [1.29, 1.82) is 0 Å². The first-order valence-electron chi connectivity index (χ1n) is 6.76. The highest BCUT2D eigenvalue weighted by Crippen LogP contribution is 2.42. The Kier molecular flexibility index (Phi) is 3.24. The van der Waals surface area contributed by atoms with Crippen molar-refractivity contribution in [3.63, 3.8) is 0 Å². The van der Waals surface area contributed by atoms with E-state index in [9.17, 15) is 4.79 Å². The summed E-state index contributed by atoms with van der Waals surface area (Å²) in [5.74, 6) is 1.55. The summed E-state index contributed by atoms with van der Waals surface area (Å²) in [6.45, 7) is 0. The van der Waals surface area contributed by atoms with E-state index >= 15 is 0 Å². The van der Waals surface area contributed by atoms with E-state index in [1.165, 1.54) is 43.4 Å². The Morgan fingerprint density at radius 1 is 1.33 bits per heavy atom. The van der Waals surface area contributed by atoms with Crippen LogP contribution in [0.5, 0.6) is 0 Å². The highest BCUT2D eigenvalue weighted by atomic mass is 32.1. The molecule has 98 valence electrons. The number of hydrogen-bond donors (Lipinski definition) is 2. The predicted molar refractivity (Wildman–Crippen MR) is 72.5 cm³/mol. The highest BCUT2D eigenvalue weighted by molar-refractivity contribution is 7.17. The van der Waals surface area contributed by atoms with Crippen molar-refractivity contribution >= 4 is 22.4 Å². The van der Waals surface area contributed by atoms with Crippen LogP contribution in [0.3, 0.4) is 0 Å². The molecule has 18 heavy (non-hydrogen) atoms. The van der Waals surface area contributed by atoms with Crippen LogP contribution in [-0.2, 0) is 0 Å². The Labute approximate surface area is 111 Å². The zero-order valence-electron chi connectivity index (χ0n) is 10.4. The molecule has 0 radical (unpaired) electrons. The number of rotatable bonds is 2. The molecular weight excluding hydrogens is 246 g/mol. The number of nitrogens with one attached hydrogen (secondary N) is 1. The molecular formula is C13H19N3OS. The molecule has 2 aliphatic rings. The number of nitrogens with two attached hydrogens (primary N) is 1. The lowest BCUT2D eigenvalue weighted by Gasteiger charge is -2.34. The quantitative estimate of drug-likeness (QED) is 0.863. The third kappa shape index (κ3) is 2.23. The van der Waals surface area contributed by atoms with E-state index in [0.717, 1.165) is 12.3 Å². The molecule has 5 heteroatoms. The summed E-state index contributed by atoms with van der Waals surface area (Å²) >= 11 is 1.26. The minimum absolute atomic E-state index is 0.00162. The SMILES string of the molecule is Nc1ncc(C(=O)NC2CCCC3CCCC32)s1. The van der Waals surface area contributed by atoms with Crippen molar-refractivity contribution in [1.82, 2.24) is 10.3 Å². The van der Waals surface area contributed by atoms with Gasteiger partial charge in [0, 0.05) is 6.04 Å². The van der Waals surface area contributed by atoms with Gasteiger partial charge in [-0.2, -0.15) is 0 Å². The summed E-state index contributed by atoms with van der Waals surface area (Å²) in [5.41, 5.74) is 5.56. The van der Waals surface area contributed by atoms with Crippen molar-refractivity contribution in [3.05, 3.63) is 11.1 Å². The number of nitrogen functional groups attached to an aromatic ring is 1. The third-order valence-electron chi connectivity index (χ3n) is 4.39. The summed E-state index contributed by atoms with van der Waals surface area (Å²) in [4.78, 5) is 16.7. The molecule has 1 amide bonds. The third-order valence-corrected chi connectivity index (χ3v) is 5.21. The van der Waals surface area contributed by atoms with Crippen molar-refractivity contribution < 1.29 is 4.79 Å². The molecule has 3 N–H and O–H groups in total. The summed E-state index contributed by atoms with van der Waals surface area (Å²) in [5, 5.41) is 3.66. The molecule has 1 heterocycles. The Morgan fingerprint density at radius 3 is 2.83 bits per heavy atom. The van der Waals surface area contributed by atoms with Gasteiger partial charge in [0.15, 0.2) is 5.13 Å². The molecule has 0 bridgehead atoms. The maximum atomic E-state index is 12.1. The monoisotopic (exact) mass is 265 g/mol. The number of thiazole rings is 1. The van der Waals surface area contributed by atoms with E-state index in [1.54, 1.807) is 6.20 Å². The highest BCUT2D eigenvalue weighted by Gasteiger charge is 2.37. The topological polar surface area (TPSA) is 68.0 Å². The second kappa shape index (κ2) is 4.88. The van der Waals surface area contributed by atoms with Crippen molar-refractivity contribution in [2.45, 2.75) is 44.6 Å². The number of fused-ring (bicyclic) bond motifs is 1. The average Bonchev–Trinajstić information content (AvgIpc) is 2.97. The lowest BCUT2D eigenvalue weighted by molar-refractivity contribution is 0.0894. The van der Waals surface area contributed by atoms with Crippen LogP contribution in [0.4, 0.5) is 5.13 Å². The fourth-order valence-electron chi connectivity index (χ4n) is 3.58. The van der Waals surface area contributed by atoms with Gasteiger partial charge in [0.05, 0.1) is 6.20 Å². The van der Waals surface area contributed by atoms with Gasteiger partial charge in [0.1, 0.15) is 4.88 Å². The van der Waals surface area contributed by atoms with E-state index in [4.69, 9.17) is 5.73 Å². The Hall–Kier alpha value is -1.10. The maximum absolute atomic E-state index is 12.1. The second-order valence-corrected chi connectivity index (χ2v) is 6.49. The molecule has 2 saturated carbocycles. The summed E-state index contributed by atoms with van der Waals surface area (Å²) in [7, 11) is 0. The van der Waals surface area contributed by atoms with Gasteiger partial charge in [-0.25, -0.2) is 4.98 Å². The Balaban J connectivity index is 1.66. The molecule has 1 aromatic rings. The van der Waals surface area contributed by atoms with Crippen LogP contribution in [0.25, 0.3) is 0 Å². The van der Waals surface area contributed by atoms with Crippen LogP contribution in [0.1, 0.15) is 48.2 Å². The molecule has 3 unspecified atom stereocenters. The second-order valence-electron chi connectivity index (χ2n) is 5.43. The van der Waals surface area contributed by atoms with E-state index < -0.39 is 0 Å². The zero-order valence-corrected chi connectivity index (χ0v) is 11.2. The van der Waals surface area contributed by atoms with E-state index in [2.05, 4.69) is 10.3 Å². The molecule has 3 rings (SSSR count). The van der Waals surface area contributed by atoms with Crippen LogP contribution in [0.2, 0.25) is 0 Å². The minimum Gasteiger partial charge on any atom is -0.375 e. The summed E-state index contributed by atoms with van der Waals surface area (Å²) in [6, 6.07) is 0.363. The molecule has 0 saturated heterocycles. The van der Waals surface area contributed by atoms with Gasteiger partial charge in [0.2, 0.25) is 0 Å². The van der Waals surface area contributed by atoms with Gasteiger partial charge in [-0.15, -0.1) is 0 Å². The van der Waals surface area contributed by atoms with Crippen LogP contribution < -0.4 is 11.1 Å². The molecule has 1 aromatic heterocycles. The van der Waals surface area contributed by atoms with Crippen molar-refractivity contribution in [2.24, 2.45) is 11.8 Å². The van der Waals surface area contributed by atoms with Crippen molar-refractivity contribution in [3.8, 4) is 0 Å². The molecule has 2 aliphatic carbocycles. The largest absolute Gasteiger partial charge is 0.375 e. The van der Waals surface area contributed by atoms with E-state index in [0.29, 0.717) is 22.0 Å². The zero-order chi connectivity index (χ0) is 12.5. The fraction of sp³-hybridized carbons (Fsp3) is 0.692. The number of nitrogens with zero attached hydrogens (tertiary/aromatic N) is 1. The first kappa shape index (κ1) is 12.0. The van der Waals surface area contributed by atoms with Crippen LogP contribution >= 0.6 is 11.3 Å². The number of hydrogen-bond acceptors (Lipinski definition) is 4. The summed E-state index contributed by atoms with van der Waals surface area (Å²) < 4.78 is 0. The summed E-state index contributed by atoms with van der Waals surface area (Å²) in [6.07, 6.45) is 9.26. The van der Waals surface area contributed by atoms with E-state index in [-0.39, 0.29) is 5.91 Å². The minimum atomic E-state index is 0.00162. The standard InChI is InChI=1S/C13H19N3OS/c14-13-15-7-11(18-13)12(17)16-10-6-2-4-8-3-1-5-9(8)10/h7-10H,1-6H2,(H2,14,15)(H,16,17). The Bertz CT molecular complexity index is 445. The van der Waals surface area contributed by atoms with Gasteiger partial charge in [-0.1, -0.05) is 37.0 Å². The molecule has 3 atom stereocenters. The lowest BCUT2D eigenvalue weighted by atomic mass is 9.78. The van der Waals surface area contributed by atoms with Gasteiger partial charge >= 0.3 is 0 Å². The first-order valence-corrected chi connectivity index (χ1v) is 7.58. The Morgan fingerprint density at radius 2 is 2.11 bits per heavy atom.